The number of hydrogen-bond donors (Lipinski definition) is 2. The minimum atomic E-state index is -0.171. The normalized spacial score (nSPS) is 42.8. The van der Waals surface area contributed by atoms with E-state index in [0.29, 0.717) is 17.9 Å². The lowest BCUT2D eigenvalue weighted by Crippen LogP contribution is -2.59. The van der Waals surface area contributed by atoms with Gasteiger partial charge in [-0.25, -0.2) is 0 Å². The highest BCUT2D eigenvalue weighted by atomic mass is 16.2. The molecule has 4 fully saturated rings. The van der Waals surface area contributed by atoms with Gasteiger partial charge in [0.05, 0.1) is 5.41 Å². The summed E-state index contributed by atoms with van der Waals surface area (Å²) in [6.45, 7) is 7.24. The molecule has 1 amide bonds. The molecule has 0 aliphatic heterocycles. The van der Waals surface area contributed by atoms with Crippen LogP contribution in [0.25, 0.3) is 0 Å². The van der Waals surface area contributed by atoms with Crippen molar-refractivity contribution in [1.29, 1.82) is 0 Å². The lowest BCUT2D eigenvalue weighted by atomic mass is 9.44. The molecule has 3 heteroatoms. The van der Waals surface area contributed by atoms with Crippen LogP contribution in [0, 0.1) is 22.7 Å². The maximum atomic E-state index is 13.0. The van der Waals surface area contributed by atoms with Crippen LogP contribution in [-0.4, -0.2) is 18.0 Å². The predicted molar refractivity (Wildman–Crippen MR) is 81.1 cm³/mol. The summed E-state index contributed by atoms with van der Waals surface area (Å²) in [5, 5.41) is 3.31. The Morgan fingerprint density at radius 2 is 1.85 bits per heavy atom. The minimum absolute atomic E-state index is 0.0648. The first kappa shape index (κ1) is 14.4. The number of carbonyl (C=O) groups excluding carboxylic acids is 1. The molecule has 4 rings (SSSR count). The van der Waals surface area contributed by atoms with Crippen LogP contribution in [0.15, 0.2) is 0 Å². The molecule has 3 N–H and O–H groups in total. The maximum absolute atomic E-state index is 13.0. The van der Waals surface area contributed by atoms with Crippen LogP contribution < -0.4 is 11.1 Å². The first-order valence-corrected chi connectivity index (χ1v) is 8.29. The Labute approximate surface area is 123 Å². The van der Waals surface area contributed by atoms with Crippen molar-refractivity contribution in [3.63, 3.8) is 0 Å². The highest BCUT2D eigenvalue weighted by Crippen LogP contribution is 2.65. The van der Waals surface area contributed by atoms with Gasteiger partial charge in [0.25, 0.3) is 0 Å². The Hall–Kier alpha value is -0.570. The minimum Gasteiger partial charge on any atom is -0.351 e. The molecule has 0 heterocycles. The zero-order valence-electron chi connectivity index (χ0n) is 13.3. The Balaban J connectivity index is 1.77. The van der Waals surface area contributed by atoms with Crippen molar-refractivity contribution in [3.05, 3.63) is 0 Å². The number of nitrogens with two attached hydrogens (primary N) is 1. The maximum Gasteiger partial charge on any atom is 0.226 e. The lowest BCUT2D eigenvalue weighted by Gasteiger charge is -2.60. The second kappa shape index (κ2) is 4.46. The van der Waals surface area contributed by atoms with Gasteiger partial charge in [0.15, 0.2) is 0 Å². The molecule has 4 aliphatic carbocycles. The summed E-state index contributed by atoms with van der Waals surface area (Å²) in [7, 11) is 0. The van der Waals surface area contributed by atoms with Gasteiger partial charge in [0.2, 0.25) is 5.91 Å². The van der Waals surface area contributed by atoms with Crippen molar-refractivity contribution in [1.82, 2.24) is 5.32 Å². The van der Waals surface area contributed by atoms with Gasteiger partial charge in [-0.2, -0.15) is 0 Å². The van der Waals surface area contributed by atoms with E-state index >= 15 is 0 Å². The molecule has 114 valence electrons. The molecular formula is C17H30N2O. The van der Waals surface area contributed by atoms with Gasteiger partial charge in [-0.1, -0.05) is 6.92 Å². The number of hydrogen-bond acceptors (Lipinski definition) is 2. The monoisotopic (exact) mass is 278 g/mol. The van der Waals surface area contributed by atoms with Crippen LogP contribution in [0.5, 0.6) is 0 Å². The third-order valence-electron chi connectivity index (χ3n) is 6.06. The average Bonchev–Trinajstić information content (AvgIpc) is 2.24. The van der Waals surface area contributed by atoms with Gasteiger partial charge in [0, 0.05) is 5.54 Å². The second-order valence-electron chi connectivity index (χ2n) is 8.93. The van der Waals surface area contributed by atoms with Crippen molar-refractivity contribution in [2.45, 2.75) is 71.3 Å². The zero-order valence-corrected chi connectivity index (χ0v) is 13.3. The Morgan fingerprint density at radius 3 is 2.35 bits per heavy atom. The topological polar surface area (TPSA) is 55.1 Å². The van der Waals surface area contributed by atoms with Crippen molar-refractivity contribution in [2.24, 2.45) is 28.4 Å². The van der Waals surface area contributed by atoms with E-state index in [1.165, 1.54) is 19.3 Å². The molecule has 0 aromatic carbocycles. The third-order valence-corrected chi connectivity index (χ3v) is 6.06. The second-order valence-corrected chi connectivity index (χ2v) is 8.93. The van der Waals surface area contributed by atoms with Crippen LogP contribution >= 0.6 is 0 Å². The molecule has 4 bridgehead atoms. The third kappa shape index (κ3) is 2.38. The number of carbonyl (C=O) groups is 1. The molecule has 0 aromatic rings. The van der Waals surface area contributed by atoms with Crippen LogP contribution in [-0.2, 0) is 4.79 Å². The smallest absolute Gasteiger partial charge is 0.226 e. The molecule has 2 unspecified atom stereocenters. The predicted octanol–water partition coefficient (Wildman–Crippen LogP) is 2.84. The first-order valence-electron chi connectivity index (χ1n) is 8.29. The Bertz CT molecular complexity index is 401. The fourth-order valence-corrected chi connectivity index (χ4v) is 5.85. The molecule has 0 aromatic heterocycles. The van der Waals surface area contributed by atoms with Crippen LogP contribution in [0.4, 0.5) is 0 Å². The van der Waals surface area contributed by atoms with Crippen LogP contribution in [0.2, 0.25) is 0 Å². The van der Waals surface area contributed by atoms with E-state index in [0.717, 1.165) is 37.5 Å². The summed E-state index contributed by atoms with van der Waals surface area (Å²) < 4.78 is 0. The molecule has 3 nitrogen and oxygen atoms in total. The summed E-state index contributed by atoms with van der Waals surface area (Å²) in [5.41, 5.74) is 5.86. The fraction of sp³-hybridized carbons (Fsp3) is 0.941. The van der Waals surface area contributed by atoms with E-state index in [1.54, 1.807) is 0 Å². The van der Waals surface area contributed by atoms with Gasteiger partial charge < -0.3 is 11.1 Å². The molecule has 4 aliphatic rings. The SMILES string of the molecule is CC12CC3CC(C1)CC(C(=O)NC(C)(C)CCN)(C3)C2. The molecule has 20 heavy (non-hydrogen) atoms. The van der Waals surface area contributed by atoms with Crippen molar-refractivity contribution >= 4 is 5.91 Å². The summed E-state index contributed by atoms with van der Waals surface area (Å²) in [4.78, 5) is 13.0. The molecule has 4 saturated carbocycles. The molecule has 0 spiro atoms. The number of amides is 1. The average molecular weight is 278 g/mol. The summed E-state index contributed by atoms with van der Waals surface area (Å²) in [6.07, 6.45) is 8.29. The summed E-state index contributed by atoms with van der Waals surface area (Å²) in [5.74, 6) is 1.91. The zero-order chi connectivity index (χ0) is 14.6. The molecular weight excluding hydrogens is 248 g/mol. The highest BCUT2D eigenvalue weighted by Gasteiger charge is 2.59. The van der Waals surface area contributed by atoms with Gasteiger partial charge in [-0.05, 0) is 82.6 Å². The number of nitrogens with one attached hydrogen (secondary N) is 1. The largest absolute Gasteiger partial charge is 0.351 e. The van der Waals surface area contributed by atoms with Gasteiger partial charge in [0.1, 0.15) is 0 Å². The van der Waals surface area contributed by atoms with Crippen LogP contribution in [0.1, 0.15) is 65.7 Å². The van der Waals surface area contributed by atoms with E-state index < -0.39 is 0 Å². The van der Waals surface area contributed by atoms with E-state index in [1.807, 2.05) is 0 Å². The van der Waals surface area contributed by atoms with E-state index in [9.17, 15) is 4.79 Å². The summed E-state index contributed by atoms with van der Waals surface area (Å²) >= 11 is 0. The quantitative estimate of drug-likeness (QED) is 0.831. The first-order chi connectivity index (χ1) is 9.26. The fourth-order valence-electron chi connectivity index (χ4n) is 5.85. The van der Waals surface area contributed by atoms with Crippen molar-refractivity contribution in [3.8, 4) is 0 Å². The standard InChI is InChI=1S/C17H30N2O/c1-15(2,4-5-18)19-14(20)17-9-12-6-13(10-17)8-16(3,7-12)11-17/h12-13H,4-11,18H2,1-3H3,(H,19,20). The molecule has 0 radical (unpaired) electrons. The van der Waals surface area contributed by atoms with Crippen LogP contribution in [0.3, 0.4) is 0 Å². The van der Waals surface area contributed by atoms with Gasteiger partial charge in [-0.15, -0.1) is 0 Å². The van der Waals surface area contributed by atoms with Crippen molar-refractivity contribution < 1.29 is 4.79 Å². The highest BCUT2D eigenvalue weighted by molar-refractivity contribution is 5.84. The Morgan fingerprint density at radius 1 is 1.25 bits per heavy atom. The van der Waals surface area contributed by atoms with Gasteiger partial charge in [-0.3, -0.25) is 4.79 Å². The Kier molecular flexibility index (Phi) is 3.20. The number of rotatable bonds is 4. The molecule has 2 atom stereocenters. The van der Waals surface area contributed by atoms with Crippen molar-refractivity contribution in [2.75, 3.05) is 6.54 Å². The van der Waals surface area contributed by atoms with Gasteiger partial charge >= 0.3 is 0 Å². The van der Waals surface area contributed by atoms with E-state index in [-0.39, 0.29) is 11.0 Å². The molecule has 0 saturated heterocycles. The lowest BCUT2D eigenvalue weighted by molar-refractivity contribution is -0.157. The van der Waals surface area contributed by atoms with E-state index in [2.05, 4.69) is 26.1 Å². The summed E-state index contributed by atoms with van der Waals surface area (Å²) in [6, 6.07) is 0. The van der Waals surface area contributed by atoms with E-state index in [4.69, 9.17) is 5.73 Å².